The van der Waals surface area contributed by atoms with Crippen LogP contribution in [0.3, 0.4) is 0 Å². The number of hydrogen-bond acceptors (Lipinski definition) is 5. The van der Waals surface area contributed by atoms with Gasteiger partial charge in [-0.15, -0.1) is 0 Å². The first-order valence-corrected chi connectivity index (χ1v) is 11.0. The highest BCUT2D eigenvalue weighted by molar-refractivity contribution is 5.89. The molecular formula is C28H22N2O4. The first-order valence-electron chi connectivity index (χ1n) is 11.0. The molecule has 5 rings (SSSR count). The van der Waals surface area contributed by atoms with Crippen LogP contribution in [0.4, 0.5) is 0 Å². The van der Waals surface area contributed by atoms with Crippen LogP contribution < -0.4 is 10.2 Å². The molecule has 1 saturated carbocycles. The molecule has 6 heteroatoms. The molecule has 0 unspecified atom stereocenters. The summed E-state index contributed by atoms with van der Waals surface area (Å²) in [5.74, 6) is -0.458. The predicted octanol–water partition coefficient (Wildman–Crippen LogP) is 4.96. The molecule has 1 aromatic heterocycles. The average molecular weight is 450 g/mol. The molecule has 0 bridgehead atoms. The number of benzene rings is 3. The van der Waals surface area contributed by atoms with Crippen molar-refractivity contribution in [2.75, 3.05) is 0 Å². The van der Waals surface area contributed by atoms with Crippen LogP contribution in [0.1, 0.15) is 33.7 Å². The average Bonchev–Trinajstić information content (AvgIpc) is 3.40. The van der Waals surface area contributed by atoms with Gasteiger partial charge >= 0.3 is 5.97 Å². The van der Waals surface area contributed by atoms with E-state index in [-0.39, 0.29) is 23.0 Å². The number of carbonyl (C=O) groups excluding carboxylic acids is 2. The second-order valence-corrected chi connectivity index (χ2v) is 8.13. The third-order valence-corrected chi connectivity index (χ3v) is 6.03. The Bertz CT molecular complexity index is 1280. The fourth-order valence-electron chi connectivity index (χ4n) is 4.31. The molecule has 1 atom stereocenters. The van der Waals surface area contributed by atoms with Crippen LogP contribution in [-0.4, -0.2) is 18.1 Å². The van der Waals surface area contributed by atoms with Gasteiger partial charge in [-0.2, -0.15) is 5.10 Å². The SMILES string of the molecule is O=C(Oc1cccc(/C=N\NC(=O)[C@@H]2CC2(c2ccccc2)c2ccccc2)c1)c1ccco1. The minimum absolute atomic E-state index is 0.121. The first kappa shape index (κ1) is 21.4. The summed E-state index contributed by atoms with van der Waals surface area (Å²) in [5, 5.41) is 4.14. The lowest BCUT2D eigenvalue weighted by Gasteiger charge is -2.18. The van der Waals surface area contributed by atoms with Crippen LogP contribution in [0.2, 0.25) is 0 Å². The normalized spacial score (nSPS) is 16.2. The highest BCUT2D eigenvalue weighted by Crippen LogP contribution is 2.58. The molecule has 168 valence electrons. The van der Waals surface area contributed by atoms with Gasteiger partial charge < -0.3 is 9.15 Å². The zero-order chi connectivity index (χ0) is 23.4. The topological polar surface area (TPSA) is 80.9 Å². The summed E-state index contributed by atoms with van der Waals surface area (Å²) in [6.45, 7) is 0. The molecule has 1 aliphatic rings. The van der Waals surface area contributed by atoms with Crippen molar-refractivity contribution >= 4 is 18.1 Å². The van der Waals surface area contributed by atoms with E-state index in [0.29, 0.717) is 11.3 Å². The number of rotatable bonds is 7. The van der Waals surface area contributed by atoms with E-state index in [1.54, 1.807) is 30.3 Å². The summed E-state index contributed by atoms with van der Waals surface area (Å²) in [7, 11) is 0. The van der Waals surface area contributed by atoms with Crippen molar-refractivity contribution in [2.24, 2.45) is 11.0 Å². The Hall–Kier alpha value is -4.45. The van der Waals surface area contributed by atoms with Crippen LogP contribution in [0.15, 0.2) is 113 Å². The number of amides is 1. The molecule has 4 aromatic rings. The zero-order valence-corrected chi connectivity index (χ0v) is 18.3. The fourth-order valence-corrected chi connectivity index (χ4v) is 4.31. The largest absolute Gasteiger partial charge is 0.457 e. The van der Waals surface area contributed by atoms with Gasteiger partial charge in [0.05, 0.1) is 18.4 Å². The highest BCUT2D eigenvalue weighted by Gasteiger charge is 2.60. The number of hydrogen-bond donors (Lipinski definition) is 1. The minimum Gasteiger partial charge on any atom is -0.457 e. The Balaban J connectivity index is 1.27. The van der Waals surface area contributed by atoms with Gasteiger partial charge in [0.15, 0.2) is 0 Å². The lowest BCUT2D eigenvalue weighted by Crippen LogP contribution is -2.25. The molecule has 0 saturated heterocycles. The van der Waals surface area contributed by atoms with Crippen molar-refractivity contribution in [1.29, 1.82) is 0 Å². The van der Waals surface area contributed by atoms with E-state index in [1.807, 2.05) is 36.4 Å². The molecule has 1 amide bonds. The number of furan rings is 1. The van der Waals surface area contributed by atoms with E-state index in [0.717, 1.165) is 17.5 Å². The van der Waals surface area contributed by atoms with Gasteiger partial charge in [0.1, 0.15) is 5.75 Å². The van der Waals surface area contributed by atoms with E-state index < -0.39 is 5.97 Å². The molecule has 0 aliphatic heterocycles. The number of nitrogens with zero attached hydrogens (tertiary/aromatic N) is 1. The maximum absolute atomic E-state index is 13.0. The zero-order valence-electron chi connectivity index (χ0n) is 18.3. The molecule has 0 radical (unpaired) electrons. The Labute approximate surface area is 196 Å². The second kappa shape index (κ2) is 9.19. The van der Waals surface area contributed by atoms with Crippen molar-refractivity contribution in [1.82, 2.24) is 5.43 Å². The van der Waals surface area contributed by atoms with Crippen LogP contribution in [0.25, 0.3) is 0 Å². The van der Waals surface area contributed by atoms with Crippen molar-refractivity contribution in [3.05, 3.63) is 126 Å². The van der Waals surface area contributed by atoms with E-state index in [1.165, 1.54) is 18.5 Å². The summed E-state index contributed by atoms with van der Waals surface area (Å²) in [5.41, 5.74) is 5.25. The van der Waals surface area contributed by atoms with Gasteiger partial charge in [0.2, 0.25) is 11.7 Å². The number of ether oxygens (including phenoxy) is 1. The first-order chi connectivity index (χ1) is 16.7. The van der Waals surface area contributed by atoms with Crippen molar-refractivity contribution < 1.29 is 18.7 Å². The maximum Gasteiger partial charge on any atom is 0.379 e. The monoisotopic (exact) mass is 450 g/mol. The Morgan fingerprint density at radius 2 is 1.62 bits per heavy atom. The molecule has 1 aliphatic carbocycles. The van der Waals surface area contributed by atoms with Gasteiger partial charge in [0, 0.05) is 5.41 Å². The van der Waals surface area contributed by atoms with Gasteiger partial charge in [-0.05, 0) is 47.4 Å². The lowest BCUT2D eigenvalue weighted by atomic mass is 9.85. The Kier molecular flexibility index (Phi) is 5.79. The van der Waals surface area contributed by atoms with Crippen LogP contribution >= 0.6 is 0 Å². The van der Waals surface area contributed by atoms with E-state index in [9.17, 15) is 9.59 Å². The van der Waals surface area contributed by atoms with Gasteiger partial charge in [-0.3, -0.25) is 4.79 Å². The number of hydrazone groups is 1. The maximum atomic E-state index is 13.0. The molecular weight excluding hydrogens is 428 g/mol. The summed E-state index contributed by atoms with van der Waals surface area (Å²) in [6.07, 6.45) is 3.66. The van der Waals surface area contributed by atoms with Crippen LogP contribution in [0, 0.1) is 5.92 Å². The molecule has 3 aromatic carbocycles. The van der Waals surface area contributed by atoms with Crippen molar-refractivity contribution in [2.45, 2.75) is 11.8 Å². The lowest BCUT2D eigenvalue weighted by molar-refractivity contribution is -0.122. The smallest absolute Gasteiger partial charge is 0.379 e. The summed E-state index contributed by atoms with van der Waals surface area (Å²) in [6, 6.07) is 30.2. The molecule has 1 fully saturated rings. The predicted molar refractivity (Wildman–Crippen MR) is 128 cm³/mol. The van der Waals surface area contributed by atoms with Gasteiger partial charge in [-0.1, -0.05) is 72.8 Å². The molecule has 1 heterocycles. The van der Waals surface area contributed by atoms with Gasteiger partial charge in [0.25, 0.3) is 0 Å². The van der Waals surface area contributed by atoms with E-state index >= 15 is 0 Å². The molecule has 0 spiro atoms. The third-order valence-electron chi connectivity index (χ3n) is 6.03. The summed E-state index contributed by atoms with van der Waals surface area (Å²) >= 11 is 0. The van der Waals surface area contributed by atoms with Crippen molar-refractivity contribution in [3.63, 3.8) is 0 Å². The minimum atomic E-state index is -0.584. The summed E-state index contributed by atoms with van der Waals surface area (Å²) in [4.78, 5) is 25.1. The highest BCUT2D eigenvalue weighted by atomic mass is 16.5. The van der Waals surface area contributed by atoms with Gasteiger partial charge in [-0.25, -0.2) is 10.2 Å². The third kappa shape index (κ3) is 4.26. The number of esters is 1. The number of nitrogens with one attached hydrogen (secondary N) is 1. The van der Waals surface area contributed by atoms with Crippen LogP contribution in [0.5, 0.6) is 5.75 Å². The molecule has 6 nitrogen and oxygen atoms in total. The molecule has 1 N–H and O–H groups in total. The second-order valence-electron chi connectivity index (χ2n) is 8.13. The molecule has 34 heavy (non-hydrogen) atoms. The Morgan fingerprint density at radius 1 is 0.912 bits per heavy atom. The van der Waals surface area contributed by atoms with E-state index in [2.05, 4.69) is 34.8 Å². The van der Waals surface area contributed by atoms with E-state index in [4.69, 9.17) is 9.15 Å². The quantitative estimate of drug-likeness (QED) is 0.187. The summed E-state index contributed by atoms with van der Waals surface area (Å²) < 4.78 is 10.4. The Morgan fingerprint density at radius 3 is 2.26 bits per heavy atom. The van der Waals surface area contributed by atoms with Crippen molar-refractivity contribution in [3.8, 4) is 5.75 Å². The number of carbonyl (C=O) groups is 2. The standard InChI is InChI=1S/C28H22N2O4/c31-26(24-18-28(24,21-10-3-1-4-11-21)22-12-5-2-6-13-22)30-29-19-20-9-7-14-23(17-20)34-27(32)25-15-8-16-33-25/h1-17,19,24H,18H2,(H,30,31)/b29-19-/t24-/m0/s1. The van der Waals surface area contributed by atoms with Crippen LogP contribution in [-0.2, 0) is 10.2 Å². The fraction of sp³-hybridized carbons (Fsp3) is 0.107.